The second-order valence-corrected chi connectivity index (χ2v) is 6.17. The largest absolute Gasteiger partial charge is 0.343 e. The number of likely N-dealkylation sites (tertiary alicyclic amines) is 1. The minimum Gasteiger partial charge on any atom is -0.343 e. The fourth-order valence-electron chi connectivity index (χ4n) is 3.17. The molecule has 2 fully saturated rings. The van der Waals surface area contributed by atoms with E-state index in [4.69, 9.17) is 0 Å². The van der Waals surface area contributed by atoms with Gasteiger partial charge in [0.1, 0.15) is 0 Å². The Labute approximate surface area is 111 Å². The van der Waals surface area contributed by atoms with Gasteiger partial charge in [0, 0.05) is 19.5 Å². The van der Waals surface area contributed by atoms with E-state index in [1.165, 1.54) is 32.1 Å². The van der Waals surface area contributed by atoms with Crippen molar-refractivity contribution in [2.75, 3.05) is 26.2 Å². The molecule has 0 aromatic heterocycles. The molecule has 0 aromatic carbocycles. The van der Waals surface area contributed by atoms with Crippen molar-refractivity contribution >= 4 is 5.91 Å². The van der Waals surface area contributed by atoms with Gasteiger partial charge in [-0.25, -0.2) is 0 Å². The van der Waals surface area contributed by atoms with Gasteiger partial charge in [0.25, 0.3) is 0 Å². The van der Waals surface area contributed by atoms with Crippen molar-refractivity contribution in [2.45, 2.75) is 51.9 Å². The Kier molecular flexibility index (Phi) is 5.48. The molecule has 0 radical (unpaired) electrons. The molecule has 2 unspecified atom stereocenters. The molecule has 1 amide bonds. The Bertz CT molecular complexity index is 261. The molecule has 2 heterocycles. The number of nitrogens with one attached hydrogen (secondary N) is 1. The van der Waals surface area contributed by atoms with Crippen molar-refractivity contribution in [3.8, 4) is 0 Å². The van der Waals surface area contributed by atoms with Gasteiger partial charge >= 0.3 is 0 Å². The summed E-state index contributed by atoms with van der Waals surface area (Å²) in [5, 5.41) is 3.43. The lowest BCUT2D eigenvalue weighted by molar-refractivity contribution is -0.131. The molecular formula is C15H28N2O. The minimum absolute atomic E-state index is 0.398. The number of rotatable bonds is 3. The smallest absolute Gasteiger partial charge is 0.222 e. The summed E-state index contributed by atoms with van der Waals surface area (Å²) in [6, 6.07) is 0. The Morgan fingerprint density at radius 1 is 1.22 bits per heavy atom. The zero-order valence-electron chi connectivity index (χ0n) is 11.8. The van der Waals surface area contributed by atoms with Crippen LogP contribution in [0.25, 0.3) is 0 Å². The first kappa shape index (κ1) is 13.9. The zero-order chi connectivity index (χ0) is 12.8. The average molecular weight is 252 g/mol. The molecule has 18 heavy (non-hydrogen) atoms. The van der Waals surface area contributed by atoms with Gasteiger partial charge in [-0.15, -0.1) is 0 Å². The highest BCUT2D eigenvalue weighted by atomic mass is 16.2. The van der Waals surface area contributed by atoms with Crippen LogP contribution in [-0.2, 0) is 4.79 Å². The lowest BCUT2D eigenvalue weighted by atomic mass is 9.94. The number of nitrogens with zero attached hydrogens (tertiary/aromatic N) is 1. The third kappa shape index (κ3) is 4.27. The third-order valence-corrected chi connectivity index (χ3v) is 4.53. The lowest BCUT2D eigenvalue weighted by Gasteiger charge is -2.25. The van der Waals surface area contributed by atoms with Crippen LogP contribution >= 0.6 is 0 Å². The van der Waals surface area contributed by atoms with E-state index in [1.807, 2.05) is 0 Å². The summed E-state index contributed by atoms with van der Waals surface area (Å²) in [5.74, 6) is 1.92. The van der Waals surface area contributed by atoms with Gasteiger partial charge in [0.05, 0.1) is 0 Å². The Balaban J connectivity index is 1.69. The van der Waals surface area contributed by atoms with Crippen molar-refractivity contribution in [3.05, 3.63) is 0 Å². The molecule has 1 N–H and O–H groups in total. The normalized spacial score (nSPS) is 29.9. The van der Waals surface area contributed by atoms with E-state index in [-0.39, 0.29) is 0 Å². The van der Waals surface area contributed by atoms with Crippen LogP contribution in [0.5, 0.6) is 0 Å². The van der Waals surface area contributed by atoms with Crippen LogP contribution in [0.3, 0.4) is 0 Å². The fourth-order valence-corrected chi connectivity index (χ4v) is 3.17. The number of carbonyl (C=O) groups is 1. The molecule has 2 atom stereocenters. The second-order valence-electron chi connectivity index (χ2n) is 6.17. The summed E-state index contributed by atoms with van der Waals surface area (Å²) < 4.78 is 0. The second kappa shape index (κ2) is 7.13. The molecule has 0 saturated carbocycles. The van der Waals surface area contributed by atoms with Crippen LogP contribution in [0.2, 0.25) is 0 Å². The van der Waals surface area contributed by atoms with E-state index in [1.54, 1.807) is 0 Å². The van der Waals surface area contributed by atoms with E-state index in [2.05, 4.69) is 17.1 Å². The van der Waals surface area contributed by atoms with Gasteiger partial charge in [-0.1, -0.05) is 6.92 Å². The van der Waals surface area contributed by atoms with Crippen LogP contribution in [0.4, 0.5) is 0 Å². The molecule has 0 bridgehead atoms. The number of piperidine rings is 1. The highest BCUT2D eigenvalue weighted by Gasteiger charge is 2.20. The third-order valence-electron chi connectivity index (χ3n) is 4.53. The van der Waals surface area contributed by atoms with Crippen LogP contribution in [-0.4, -0.2) is 37.0 Å². The average Bonchev–Trinajstić information content (AvgIpc) is 2.62. The Morgan fingerprint density at radius 3 is 2.89 bits per heavy atom. The van der Waals surface area contributed by atoms with Crippen molar-refractivity contribution < 1.29 is 4.79 Å². The predicted molar refractivity (Wildman–Crippen MR) is 74.4 cm³/mol. The summed E-state index contributed by atoms with van der Waals surface area (Å²) in [4.78, 5) is 14.3. The van der Waals surface area contributed by atoms with Gasteiger partial charge in [-0.05, 0) is 63.5 Å². The summed E-state index contributed by atoms with van der Waals surface area (Å²) in [6.07, 6.45) is 8.10. The molecule has 2 rings (SSSR count). The summed E-state index contributed by atoms with van der Waals surface area (Å²) >= 11 is 0. The van der Waals surface area contributed by atoms with E-state index in [0.29, 0.717) is 5.91 Å². The molecule has 0 aliphatic carbocycles. The van der Waals surface area contributed by atoms with Gasteiger partial charge in [0.15, 0.2) is 0 Å². The first-order valence-corrected chi connectivity index (χ1v) is 7.74. The van der Waals surface area contributed by atoms with Crippen molar-refractivity contribution in [1.82, 2.24) is 10.2 Å². The molecular weight excluding hydrogens is 224 g/mol. The first-order valence-electron chi connectivity index (χ1n) is 7.74. The van der Waals surface area contributed by atoms with E-state index in [9.17, 15) is 4.79 Å². The van der Waals surface area contributed by atoms with Crippen molar-refractivity contribution in [1.29, 1.82) is 0 Å². The molecule has 3 nitrogen and oxygen atoms in total. The maximum absolute atomic E-state index is 12.2. The summed E-state index contributed by atoms with van der Waals surface area (Å²) in [5.41, 5.74) is 0. The number of amides is 1. The highest BCUT2D eigenvalue weighted by molar-refractivity contribution is 5.76. The number of carbonyl (C=O) groups excluding carboxylic acids is 1. The lowest BCUT2D eigenvalue weighted by Crippen LogP contribution is -2.34. The molecule has 2 saturated heterocycles. The monoisotopic (exact) mass is 252 g/mol. The predicted octanol–water partition coefficient (Wildman–Crippen LogP) is 2.41. The fraction of sp³-hybridized carbons (Fsp3) is 0.933. The summed E-state index contributed by atoms with van der Waals surface area (Å²) in [7, 11) is 0. The van der Waals surface area contributed by atoms with Crippen LogP contribution in [0.15, 0.2) is 0 Å². The molecule has 2 aliphatic heterocycles. The molecule has 0 spiro atoms. The molecule has 104 valence electrons. The topological polar surface area (TPSA) is 32.3 Å². The molecule has 2 aliphatic rings. The van der Waals surface area contributed by atoms with E-state index < -0.39 is 0 Å². The van der Waals surface area contributed by atoms with E-state index in [0.717, 1.165) is 50.9 Å². The molecule has 3 heteroatoms. The van der Waals surface area contributed by atoms with Gasteiger partial charge in [0.2, 0.25) is 5.91 Å². The maximum atomic E-state index is 12.2. The Hall–Kier alpha value is -0.570. The SMILES string of the molecule is CC1CCCN(C(=O)CCC2CCCNC2)CC1. The molecule has 0 aromatic rings. The van der Waals surface area contributed by atoms with E-state index >= 15 is 0 Å². The number of hydrogen-bond acceptors (Lipinski definition) is 2. The van der Waals surface area contributed by atoms with Crippen molar-refractivity contribution in [2.24, 2.45) is 11.8 Å². The Morgan fingerprint density at radius 2 is 2.11 bits per heavy atom. The quantitative estimate of drug-likeness (QED) is 0.836. The van der Waals surface area contributed by atoms with Crippen LogP contribution < -0.4 is 5.32 Å². The first-order chi connectivity index (χ1) is 8.75. The van der Waals surface area contributed by atoms with Gasteiger partial charge < -0.3 is 10.2 Å². The maximum Gasteiger partial charge on any atom is 0.222 e. The van der Waals surface area contributed by atoms with Crippen LogP contribution in [0, 0.1) is 11.8 Å². The summed E-state index contributed by atoms with van der Waals surface area (Å²) in [6.45, 7) is 6.56. The van der Waals surface area contributed by atoms with Crippen molar-refractivity contribution in [3.63, 3.8) is 0 Å². The zero-order valence-corrected chi connectivity index (χ0v) is 11.8. The standard InChI is InChI=1S/C15H28N2O/c1-13-4-3-10-17(11-8-13)15(18)7-6-14-5-2-9-16-12-14/h13-14,16H,2-12H2,1H3. The van der Waals surface area contributed by atoms with Crippen LogP contribution in [0.1, 0.15) is 51.9 Å². The minimum atomic E-state index is 0.398. The van der Waals surface area contributed by atoms with Gasteiger partial charge in [-0.2, -0.15) is 0 Å². The highest BCUT2D eigenvalue weighted by Crippen LogP contribution is 2.20. The number of hydrogen-bond donors (Lipinski definition) is 1. The van der Waals surface area contributed by atoms with Gasteiger partial charge in [-0.3, -0.25) is 4.79 Å².